The summed E-state index contributed by atoms with van der Waals surface area (Å²) in [6, 6.07) is -0.911. The molecule has 3 fully saturated rings. The SMILES string of the molecule is CC1=NCC(Cl)C/C=C(/C(C)C)NC(N)C1C(=O)NC1CNCC(F)C1N1CCC(C(=O)N2CCN(C)CC2)CC1. The molecule has 6 unspecified atom stereocenters. The highest BCUT2D eigenvalue weighted by Gasteiger charge is 2.42. The fourth-order valence-electron chi connectivity index (χ4n) is 6.51. The summed E-state index contributed by atoms with van der Waals surface area (Å²) < 4.78 is 15.5. The molecule has 3 saturated heterocycles. The van der Waals surface area contributed by atoms with Crippen molar-refractivity contribution in [2.75, 3.05) is 66.0 Å². The number of carbonyl (C=O) groups excluding carboxylic acids is 2. The Bertz CT molecular complexity index is 964. The van der Waals surface area contributed by atoms with Gasteiger partial charge in [0.05, 0.1) is 30.2 Å². The lowest BCUT2D eigenvalue weighted by molar-refractivity contribution is -0.139. The van der Waals surface area contributed by atoms with E-state index in [-0.39, 0.29) is 35.6 Å². The number of piperidine rings is 2. The van der Waals surface area contributed by atoms with Crippen LogP contribution in [0.2, 0.25) is 0 Å². The van der Waals surface area contributed by atoms with E-state index >= 15 is 4.39 Å². The molecule has 6 atom stereocenters. The van der Waals surface area contributed by atoms with Crippen LogP contribution < -0.4 is 21.7 Å². The molecule has 0 radical (unpaired) electrons. The zero-order valence-corrected chi connectivity index (χ0v) is 25.9. The van der Waals surface area contributed by atoms with Crippen molar-refractivity contribution in [3.8, 4) is 0 Å². The molecule has 4 heterocycles. The van der Waals surface area contributed by atoms with Crippen LogP contribution in [0.4, 0.5) is 4.39 Å². The van der Waals surface area contributed by atoms with Crippen molar-refractivity contribution in [3.05, 3.63) is 11.8 Å². The lowest BCUT2D eigenvalue weighted by atomic mass is 9.89. The minimum absolute atomic E-state index is 0.0256. The first-order chi connectivity index (χ1) is 19.5. The lowest BCUT2D eigenvalue weighted by Crippen LogP contribution is -2.67. The normalized spacial score (nSPS) is 34.8. The topological polar surface area (TPSA) is 118 Å². The fraction of sp³-hybridized carbons (Fsp3) is 0.828. The number of nitrogens with two attached hydrogens (primary N) is 1. The van der Waals surface area contributed by atoms with Crippen molar-refractivity contribution in [1.29, 1.82) is 0 Å². The summed E-state index contributed by atoms with van der Waals surface area (Å²) in [5.74, 6) is -0.609. The Morgan fingerprint density at radius 3 is 2.49 bits per heavy atom. The van der Waals surface area contributed by atoms with Crippen LogP contribution in [0.15, 0.2) is 16.8 Å². The standard InChI is InChI=1S/C29H50ClFN8O2/c1-18(2)23-6-5-21(30)15-34-19(3)25(27(32)35-23)28(40)36-24-17-33-16-22(31)26(24)38-9-7-20(8-10-38)29(41)39-13-11-37(4)12-14-39/h6,18,20-22,24-27,33,35H,5,7-17,32H2,1-4H3,(H,36,40)/b23-6-,34-19?. The smallest absolute Gasteiger partial charge is 0.232 e. The van der Waals surface area contributed by atoms with Gasteiger partial charge in [0.1, 0.15) is 12.1 Å². The molecule has 0 spiro atoms. The molecule has 12 heteroatoms. The monoisotopic (exact) mass is 596 g/mol. The predicted molar refractivity (Wildman–Crippen MR) is 162 cm³/mol. The molecule has 5 N–H and O–H groups in total. The summed E-state index contributed by atoms with van der Waals surface area (Å²) in [7, 11) is 2.08. The van der Waals surface area contributed by atoms with E-state index < -0.39 is 30.3 Å². The molecule has 4 aliphatic rings. The van der Waals surface area contributed by atoms with E-state index in [0.29, 0.717) is 51.2 Å². The molecule has 0 aromatic heterocycles. The summed E-state index contributed by atoms with van der Waals surface area (Å²) in [6.07, 6.45) is 2.28. The minimum Gasteiger partial charge on any atom is -0.372 e. The molecule has 232 valence electrons. The molecule has 0 aromatic rings. The van der Waals surface area contributed by atoms with E-state index in [1.165, 1.54) is 0 Å². The van der Waals surface area contributed by atoms with Crippen LogP contribution in [-0.2, 0) is 9.59 Å². The van der Waals surface area contributed by atoms with Gasteiger partial charge in [0.15, 0.2) is 0 Å². The van der Waals surface area contributed by atoms with Crippen LogP contribution in [0.5, 0.6) is 0 Å². The van der Waals surface area contributed by atoms with E-state index in [1.54, 1.807) is 0 Å². The van der Waals surface area contributed by atoms with Gasteiger partial charge in [0.25, 0.3) is 0 Å². The largest absolute Gasteiger partial charge is 0.372 e. The maximum absolute atomic E-state index is 15.5. The van der Waals surface area contributed by atoms with Crippen LogP contribution >= 0.6 is 11.6 Å². The van der Waals surface area contributed by atoms with Gasteiger partial charge in [-0.3, -0.25) is 19.5 Å². The second-order valence-corrected chi connectivity index (χ2v) is 13.1. The van der Waals surface area contributed by atoms with E-state index in [0.717, 1.165) is 31.9 Å². The Morgan fingerprint density at radius 2 is 1.83 bits per heavy atom. The molecule has 10 nitrogen and oxygen atoms in total. The van der Waals surface area contributed by atoms with Crippen LogP contribution in [0.3, 0.4) is 0 Å². The maximum atomic E-state index is 15.5. The number of piperazine rings is 1. The summed E-state index contributed by atoms with van der Waals surface area (Å²) in [5.41, 5.74) is 8.14. The number of nitrogens with one attached hydrogen (secondary N) is 3. The molecule has 0 bridgehead atoms. The van der Waals surface area contributed by atoms with Crippen LogP contribution in [0.1, 0.15) is 40.0 Å². The Kier molecular flexibility index (Phi) is 11.4. The Hall–Kier alpha value is -1.79. The van der Waals surface area contributed by atoms with Gasteiger partial charge in [-0.25, -0.2) is 4.39 Å². The van der Waals surface area contributed by atoms with Gasteiger partial charge >= 0.3 is 0 Å². The Morgan fingerprint density at radius 1 is 1.15 bits per heavy atom. The molecule has 41 heavy (non-hydrogen) atoms. The highest BCUT2D eigenvalue weighted by atomic mass is 35.5. The van der Waals surface area contributed by atoms with Crippen molar-refractivity contribution >= 4 is 29.1 Å². The van der Waals surface area contributed by atoms with Crippen molar-refractivity contribution in [3.63, 3.8) is 0 Å². The van der Waals surface area contributed by atoms with Crippen LogP contribution in [0, 0.1) is 17.8 Å². The fourth-order valence-corrected chi connectivity index (χ4v) is 6.67. The number of carbonyl (C=O) groups is 2. The second kappa shape index (κ2) is 14.6. The number of rotatable bonds is 5. The number of amides is 2. The summed E-state index contributed by atoms with van der Waals surface area (Å²) >= 11 is 6.48. The van der Waals surface area contributed by atoms with Gasteiger partial charge in [-0.05, 0) is 52.2 Å². The first-order valence-corrected chi connectivity index (χ1v) is 15.7. The van der Waals surface area contributed by atoms with Gasteiger partial charge in [-0.1, -0.05) is 19.9 Å². The number of hydrogen-bond acceptors (Lipinski definition) is 8. The highest BCUT2D eigenvalue weighted by molar-refractivity contribution is 6.21. The lowest BCUT2D eigenvalue weighted by Gasteiger charge is -2.45. The maximum Gasteiger partial charge on any atom is 0.232 e. The quantitative estimate of drug-likeness (QED) is 0.346. The van der Waals surface area contributed by atoms with E-state index in [2.05, 4.69) is 51.6 Å². The number of likely N-dealkylation sites (N-methyl/N-ethyl adjacent to an activating group) is 1. The number of allylic oxidation sites excluding steroid dienone is 2. The molecule has 0 aromatic carbocycles. The number of nitrogens with zero attached hydrogens (tertiary/aromatic N) is 4. The van der Waals surface area contributed by atoms with Gasteiger partial charge in [0.2, 0.25) is 11.8 Å². The minimum atomic E-state index is -1.14. The average molecular weight is 597 g/mol. The summed E-state index contributed by atoms with van der Waals surface area (Å²) in [4.78, 5) is 37.9. The molecular weight excluding hydrogens is 547 g/mol. The number of hydrogen-bond donors (Lipinski definition) is 4. The first-order valence-electron chi connectivity index (χ1n) is 15.3. The third-order valence-corrected chi connectivity index (χ3v) is 9.42. The van der Waals surface area contributed by atoms with Gasteiger partial charge in [-0.15, -0.1) is 11.6 Å². The summed E-state index contributed by atoms with van der Waals surface area (Å²) in [5, 5.41) is 9.44. The molecule has 4 rings (SSSR count). The van der Waals surface area contributed by atoms with Crippen molar-refractivity contribution in [1.82, 2.24) is 30.7 Å². The van der Waals surface area contributed by atoms with Crippen molar-refractivity contribution in [2.24, 2.45) is 28.5 Å². The number of aliphatic imine (C=N–C) groups is 1. The number of alkyl halides is 2. The van der Waals surface area contributed by atoms with E-state index in [9.17, 15) is 9.59 Å². The number of likely N-dealkylation sites (tertiary alicyclic amines) is 1. The van der Waals surface area contributed by atoms with E-state index in [1.807, 2.05) is 17.9 Å². The van der Waals surface area contributed by atoms with Gasteiger partial charge in [-0.2, -0.15) is 0 Å². The predicted octanol–water partition coefficient (Wildman–Crippen LogP) is 0.770. The van der Waals surface area contributed by atoms with Gasteiger partial charge < -0.3 is 31.5 Å². The average Bonchev–Trinajstić information content (AvgIpc) is 2.94. The number of halogens is 2. The van der Waals surface area contributed by atoms with Crippen LogP contribution in [-0.4, -0.2) is 128 Å². The van der Waals surface area contributed by atoms with E-state index in [4.69, 9.17) is 17.3 Å². The second-order valence-electron chi connectivity index (χ2n) is 12.5. The third kappa shape index (κ3) is 8.19. The van der Waals surface area contributed by atoms with Gasteiger partial charge in [0, 0.05) is 56.6 Å². The molecule has 0 aliphatic carbocycles. The van der Waals surface area contributed by atoms with Crippen molar-refractivity contribution < 1.29 is 14.0 Å². The summed E-state index contributed by atoms with van der Waals surface area (Å²) in [6.45, 7) is 11.6. The van der Waals surface area contributed by atoms with Crippen LogP contribution in [0.25, 0.3) is 0 Å². The third-order valence-electron chi connectivity index (χ3n) is 9.11. The highest BCUT2D eigenvalue weighted by Crippen LogP contribution is 2.26. The van der Waals surface area contributed by atoms with Crippen molar-refractivity contribution in [2.45, 2.75) is 69.8 Å². The zero-order chi connectivity index (χ0) is 29.7. The molecule has 0 saturated carbocycles. The molecule has 2 amide bonds. The molecule has 4 aliphatic heterocycles. The molecular formula is C29H50ClFN8O2. The zero-order valence-electron chi connectivity index (χ0n) is 25.1. The Balaban J connectivity index is 1.42. The first kappa shape index (κ1) is 32.1. The Labute approximate surface area is 249 Å².